The molecule has 1 amide bonds. The maximum Gasteiger partial charge on any atom is 0.338 e. The minimum Gasteiger partial charge on any atom is -0.478 e. The van der Waals surface area contributed by atoms with Gasteiger partial charge in [-0.2, -0.15) is 10.2 Å². The van der Waals surface area contributed by atoms with Gasteiger partial charge in [-0.3, -0.25) is 24.2 Å². The molecule has 0 saturated carbocycles. The molecule has 0 bridgehead atoms. The van der Waals surface area contributed by atoms with Gasteiger partial charge < -0.3 is 58.0 Å². The second-order valence-corrected chi connectivity index (χ2v) is 40.3. The number of nitrogens with zero attached hydrogens (tertiary/aromatic N) is 22. The molecule has 3 atom stereocenters. The first kappa shape index (κ1) is 86.2. The molecule has 8 N–H and O–H groups in total. The van der Waals surface area contributed by atoms with Gasteiger partial charge >= 0.3 is 5.97 Å². The molecule has 46 heteroatoms. The number of amides is 1. The number of imidazole rings is 4. The third kappa shape index (κ3) is 22.0. The molecule has 34 nitrogen and oxygen atoms in total. The number of hydrazine groups is 1. The first-order valence-electron chi connectivity index (χ1n) is 36.5. The zero-order valence-corrected chi connectivity index (χ0v) is 72.2. The van der Waals surface area contributed by atoms with Crippen LogP contribution in [0.2, 0.25) is 0 Å². The number of carbonyl (C=O) groups excluding carboxylic acids is 2. The Morgan fingerprint density at radius 2 is 1.03 bits per heavy atom. The van der Waals surface area contributed by atoms with E-state index >= 15 is 0 Å². The molecular formula is C72H80F2N28O6S10. The molecule has 0 fully saturated rings. The molecule has 10 aromatic heterocycles. The van der Waals surface area contributed by atoms with Gasteiger partial charge in [0.05, 0.1) is 70.9 Å². The van der Waals surface area contributed by atoms with Gasteiger partial charge in [-0.05, 0) is 75.2 Å². The maximum atomic E-state index is 14.9. The van der Waals surface area contributed by atoms with E-state index in [0.717, 1.165) is 84.6 Å². The number of nitrogens with two attached hydrogens (primary N) is 1. The summed E-state index contributed by atoms with van der Waals surface area (Å²) in [6.07, 6.45) is 18.8. The number of nitrogens with one attached hydrogen (secondary N) is 5. The summed E-state index contributed by atoms with van der Waals surface area (Å²) in [5.41, 5.74) is 4.83. The number of aryl methyl sites for hydroxylation is 5. The third-order valence-electron chi connectivity index (χ3n) is 18.1. The highest BCUT2D eigenvalue weighted by molar-refractivity contribution is 8.73. The van der Waals surface area contributed by atoms with Crippen molar-refractivity contribution in [3.8, 4) is 34.9 Å². The number of H-pyrrole nitrogens is 2. The predicted molar refractivity (Wildman–Crippen MR) is 470 cm³/mol. The van der Waals surface area contributed by atoms with Crippen LogP contribution in [0.15, 0.2) is 156 Å². The van der Waals surface area contributed by atoms with Crippen molar-refractivity contribution in [2.45, 2.75) is 78.3 Å². The molecule has 0 aliphatic carbocycles. The lowest BCUT2D eigenvalue weighted by molar-refractivity contribution is 0.0673. The van der Waals surface area contributed by atoms with E-state index in [4.69, 9.17) is 13.9 Å². The fourth-order valence-corrected chi connectivity index (χ4v) is 29.1. The van der Waals surface area contributed by atoms with E-state index < -0.39 is 23.5 Å². The fourth-order valence-electron chi connectivity index (χ4n) is 12.6. The van der Waals surface area contributed by atoms with Gasteiger partial charge in [0.25, 0.3) is 17.0 Å². The van der Waals surface area contributed by atoms with E-state index in [1.807, 2.05) is 84.0 Å². The summed E-state index contributed by atoms with van der Waals surface area (Å²) in [5, 5.41) is 56.7. The van der Waals surface area contributed by atoms with Crippen molar-refractivity contribution in [1.29, 1.82) is 0 Å². The lowest BCUT2D eigenvalue weighted by atomic mass is 10.0. The Balaban J connectivity index is 0.000000171. The van der Waals surface area contributed by atoms with Crippen LogP contribution < -0.4 is 33.0 Å². The number of nitrogen functional groups attached to an aromatic ring is 1. The second kappa shape index (κ2) is 42.3. The molecule has 17 rings (SSSR count). The van der Waals surface area contributed by atoms with Gasteiger partial charge in [0.15, 0.2) is 58.7 Å². The average Bonchev–Trinajstić information content (AvgIpc) is 1.70. The van der Waals surface area contributed by atoms with Crippen LogP contribution in [0.3, 0.4) is 0 Å². The van der Waals surface area contributed by atoms with Crippen molar-refractivity contribution in [3.05, 3.63) is 242 Å². The molecule has 3 unspecified atom stereocenters. The molecule has 618 valence electrons. The van der Waals surface area contributed by atoms with Crippen molar-refractivity contribution >= 4 is 139 Å². The molecule has 0 radical (unpaired) electrons. The van der Waals surface area contributed by atoms with Crippen LogP contribution in [0.25, 0.3) is 56.5 Å². The van der Waals surface area contributed by atoms with Crippen molar-refractivity contribution in [2.24, 2.45) is 34.0 Å². The molecule has 13 heterocycles. The number of aromatic amines is 2. The van der Waals surface area contributed by atoms with E-state index in [1.165, 1.54) is 36.0 Å². The summed E-state index contributed by atoms with van der Waals surface area (Å²) < 4.78 is 52.1. The number of aromatic nitrogens is 23. The summed E-state index contributed by atoms with van der Waals surface area (Å²) in [6.45, 7) is 12.2. The molecule has 3 aliphatic rings. The zero-order valence-electron chi connectivity index (χ0n) is 66.1. The highest BCUT2D eigenvalue weighted by Crippen LogP contribution is 2.30. The van der Waals surface area contributed by atoms with Gasteiger partial charge in [-0.15, -0.1) is 30.6 Å². The first-order valence-corrected chi connectivity index (χ1v) is 47.5. The smallest absolute Gasteiger partial charge is 0.338 e. The number of rotatable bonds is 11. The van der Waals surface area contributed by atoms with Gasteiger partial charge in [-0.1, -0.05) is 48.5 Å². The predicted octanol–water partition coefficient (Wildman–Crippen LogP) is 6.67. The normalized spacial score (nSPS) is 14.1. The van der Waals surface area contributed by atoms with E-state index in [1.54, 1.807) is 162 Å². The first-order chi connectivity index (χ1) is 58.1. The number of benzene rings is 4. The maximum absolute atomic E-state index is 14.9. The standard InChI is InChI=1S/C26H23FN8O2.C16H11FN2O3.2C10H14N6.C5H8N4.C5H6N2O.S10.2H2/c1-15-13-34(14-22-30-31-24(35(15)22)23-28-9-10-33(23)2)26(37)19-11-16(7-8-20(19)27)12-21-17-5-3-4-6-18(17)25(36)32-29-21;17-13-6-5-9(7-12(13)16(21)22)8-14-10-3-1-2-4-11(10)15(20)19-18-14;2*1-7-5-11-6-8-13-14-10(16(7)8)9-12-3-4-15(9)2;1-4-2-7-3-5(8-4)9-6;1-7-3-2-6-5(7)4-8;1-3-5-7-9-10-8-6-4-2;;/h3-11,15H,12-14H2,1-2H3,(H,32,36);1-7H,8H2,(H,19,20)(H,21,22);2*3-4,7,11H,5-6H2,1-2H3;2-3H,6H2,1H3,(H,8,9);2-4H,1H3;;2*1H/i;;;;;;;1+1D;. The lowest BCUT2D eigenvalue weighted by Crippen LogP contribution is -2.41. The molecule has 0 saturated heterocycles. The molecule has 118 heavy (non-hydrogen) atoms. The summed E-state index contributed by atoms with van der Waals surface area (Å²) in [7, 11) is 20.3. The Bertz CT molecular complexity index is 6360. The number of fused-ring (bicyclic) bond motifs is 5. The van der Waals surface area contributed by atoms with Gasteiger partial charge in [0.2, 0.25) is 0 Å². The Morgan fingerprint density at radius 1 is 0.593 bits per heavy atom. The Kier molecular flexibility index (Phi) is 30.9. The zero-order chi connectivity index (χ0) is 85.9. The van der Waals surface area contributed by atoms with Gasteiger partial charge in [0.1, 0.15) is 23.3 Å². The van der Waals surface area contributed by atoms with E-state index in [2.05, 4.69) is 142 Å². The number of hydrogen-bond donors (Lipinski definition) is 7. The molecule has 0 spiro atoms. The van der Waals surface area contributed by atoms with E-state index in [9.17, 15) is 32.8 Å². The Morgan fingerprint density at radius 3 is 1.43 bits per heavy atom. The minimum atomic E-state index is -1.32. The van der Waals surface area contributed by atoms with Crippen molar-refractivity contribution in [2.75, 3.05) is 25.1 Å². The molecular weight excluding hydrogens is 1710 g/mol. The fraction of sp³-hybridized carbons (Fsp3) is 0.264. The third-order valence-corrected chi connectivity index (χ3v) is 33.7. The molecule has 3 aliphatic heterocycles. The van der Waals surface area contributed by atoms with Crippen LogP contribution >= 0.6 is 0 Å². The van der Waals surface area contributed by atoms with Crippen molar-refractivity contribution in [1.82, 2.24) is 128 Å². The number of carbonyl (C=O) groups is 3. The number of halogens is 2. The number of aromatic carboxylic acids is 1. The largest absolute Gasteiger partial charge is 0.478 e. The van der Waals surface area contributed by atoms with Crippen LogP contribution in [-0.2, 0) is 154 Å². The summed E-state index contributed by atoms with van der Waals surface area (Å²) in [6, 6.07) is 23.2. The van der Waals surface area contributed by atoms with E-state index in [-0.39, 0.29) is 42.7 Å². The van der Waals surface area contributed by atoms with Crippen molar-refractivity contribution in [3.63, 3.8) is 0 Å². The molecule has 4 aromatic carbocycles. The number of hydrogen-bond acceptors (Lipinski definition) is 25. The van der Waals surface area contributed by atoms with Crippen LogP contribution in [-0.4, -0.2) is 161 Å². The quantitative estimate of drug-likeness (QED) is 0.0404. The number of carboxylic acids is 1. The minimum absolute atomic E-state index is 0. The topological polar surface area (TPSA) is 417 Å². The van der Waals surface area contributed by atoms with Crippen LogP contribution in [0.5, 0.6) is 0 Å². The van der Waals surface area contributed by atoms with Crippen LogP contribution in [0.1, 0.15) is 120 Å². The number of anilines is 1. The summed E-state index contributed by atoms with van der Waals surface area (Å²) >= 11 is 9.31. The highest BCUT2D eigenvalue weighted by atomic mass is 33.4. The lowest BCUT2D eigenvalue weighted by Gasteiger charge is -2.32. The molecule has 14 aromatic rings. The summed E-state index contributed by atoms with van der Waals surface area (Å²) in [4.78, 5) is 84.5. The Labute approximate surface area is 708 Å². The van der Waals surface area contributed by atoms with Gasteiger partial charge in [-0.25, -0.2) is 54.5 Å². The number of aldehydes is 1. The van der Waals surface area contributed by atoms with E-state index in [0.29, 0.717) is 92.8 Å². The Hall–Kier alpha value is -11.2. The van der Waals surface area contributed by atoms with Crippen molar-refractivity contribution < 1.29 is 32.7 Å². The second-order valence-electron chi connectivity index (χ2n) is 26.1. The highest BCUT2D eigenvalue weighted by Gasteiger charge is 2.33. The average molecular weight is 1790 g/mol. The van der Waals surface area contributed by atoms with Crippen LogP contribution in [0.4, 0.5) is 14.6 Å². The summed E-state index contributed by atoms with van der Waals surface area (Å²) in [5.74, 6) is 10.4. The van der Waals surface area contributed by atoms with Crippen LogP contribution in [0, 0.1) is 18.6 Å². The monoisotopic (exact) mass is 1790 g/mol. The van der Waals surface area contributed by atoms with Gasteiger partial charge in [0, 0.05) is 237 Å². The SMILES string of the molecule is CC1CN(C(=O)c2cc(Cc3n[nH]c(=O)c4ccccc34)ccc2F)Cc2nnc(-c3nccn3C)n21.CC1CNCc2nnc(-c3nccn3C)n21.CC1CNCc2nnc(-c3nccn3C)n21.Cc1cncc(NN)n1.Cn1ccnc1C=O.O=C(O)c1cc(Cc2n[nH]c(=O)c3ccccc23)ccc1F.S=S=S=S=S=S=S=S=S=S.[2H][2H].[HH]. The number of carboxylic acid groups (broad SMARTS) is 1.